The fraction of sp³-hybridized carbons (Fsp3) is 0.385. The molecule has 0 radical (unpaired) electrons. The standard InChI is InChI=1S/C13H15NO3/c1-4-10(15)8-5-6-11-9(7-8)14-12(16)13(2,3)17-11/h5-7H,4H2,1-3H3,(H,14,16). The van der Waals surface area contributed by atoms with Crippen LogP contribution in [0.2, 0.25) is 0 Å². The summed E-state index contributed by atoms with van der Waals surface area (Å²) in [6, 6.07) is 5.10. The quantitative estimate of drug-likeness (QED) is 0.798. The second-order valence-corrected chi connectivity index (χ2v) is 4.55. The summed E-state index contributed by atoms with van der Waals surface area (Å²) < 4.78 is 5.58. The van der Waals surface area contributed by atoms with Crippen molar-refractivity contribution in [3.63, 3.8) is 0 Å². The van der Waals surface area contributed by atoms with Crippen molar-refractivity contribution in [1.29, 1.82) is 0 Å². The first-order valence-corrected chi connectivity index (χ1v) is 5.62. The molecule has 1 aromatic carbocycles. The van der Waals surface area contributed by atoms with Gasteiger partial charge in [0.1, 0.15) is 5.75 Å². The van der Waals surface area contributed by atoms with Crippen molar-refractivity contribution in [3.8, 4) is 5.75 Å². The minimum Gasteiger partial charge on any atom is -0.476 e. The molecule has 0 aliphatic carbocycles. The molecule has 0 bridgehead atoms. The largest absolute Gasteiger partial charge is 0.476 e. The molecule has 0 saturated heterocycles. The van der Waals surface area contributed by atoms with Crippen LogP contribution in [0.15, 0.2) is 18.2 Å². The Bertz CT molecular complexity index is 491. The zero-order chi connectivity index (χ0) is 12.6. The fourth-order valence-corrected chi connectivity index (χ4v) is 1.69. The molecule has 2 rings (SSSR count). The maximum absolute atomic E-state index is 11.7. The summed E-state index contributed by atoms with van der Waals surface area (Å²) in [7, 11) is 0. The molecule has 1 aromatic rings. The lowest BCUT2D eigenvalue weighted by Crippen LogP contribution is -2.45. The number of hydrogen-bond donors (Lipinski definition) is 1. The van der Waals surface area contributed by atoms with E-state index in [0.29, 0.717) is 23.4 Å². The summed E-state index contributed by atoms with van der Waals surface area (Å²) in [5.74, 6) is 0.445. The number of amides is 1. The van der Waals surface area contributed by atoms with Gasteiger partial charge in [0.25, 0.3) is 5.91 Å². The molecule has 1 aliphatic heterocycles. The van der Waals surface area contributed by atoms with Crippen LogP contribution in [0.1, 0.15) is 37.6 Å². The molecule has 4 heteroatoms. The van der Waals surface area contributed by atoms with E-state index < -0.39 is 5.60 Å². The Labute approximate surface area is 100.0 Å². The molecular formula is C13H15NO3. The monoisotopic (exact) mass is 233 g/mol. The Hall–Kier alpha value is -1.84. The molecule has 0 aromatic heterocycles. The molecule has 1 heterocycles. The van der Waals surface area contributed by atoms with Crippen molar-refractivity contribution in [3.05, 3.63) is 23.8 Å². The van der Waals surface area contributed by atoms with Crippen LogP contribution in [0.4, 0.5) is 5.69 Å². The van der Waals surface area contributed by atoms with E-state index in [9.17, 15) is 9.59 Å². The summed E-state index contributed by atoms with van der Waals surface area (Å²) in [6.07, 6.45) is 0.444. The molecule has 17 heavy (non-hydrogen) atoms. The third-order valence-electron chi connectivity index (χ3n) is 2.78. The summed E-state index contributed by atoms with van der Waals surface area (Å²) in [4.78, 5) is 23.3. The number of Topliss-reactive ketones (excluding diaryl/α,β-unsaturated/α-hetero) is 1. The summed E-state index contributed by atoms with van der Waals surface area (Å²) in [6.45, 7) is 5.22. The van der Waals surface area contributed by atoms with Gasteiger partial charge in [0.2, 0.25) is 0 Å². The molecule has 0 unspecified atom stereocenters. The van der Waals surface area contributed by atoms with Crippen molar-refractivity contribution in [2.75, 3.05) is 5.32 Å². The van der Waals surface area contributed by atoms with Crippen LogP contribution < -0.4 is 10.1 Å². The minimum atomic E-state index is -0.872. The van der Waals surface area contributed by atoms with Gasteiger partial charge in [-0.1, -0.05) is 6.92 Å². The van der Waals surface area contributed by atoms with Gasteiger partial charge in [0.05, 0.1) is 5.69 Å². The van der Waals surface area contributed by atoms with E-state index in [1.807, 2.05) is 0 Å². The molecule has 1 N–H and O–H groups in total. The van der Waals surface area contributed by atoms with E-state index in [1.54, 1.807) is 39.0 Å². The van der Waals surface area contributed by atoms with Gasteiger partial charge in [0, 0.05) is 12.0 Å². The lowest BCUT2D eigenvalue weighted by atomic mass is 10.0. The van der Waals surface area contributed by atoms with Crippen LogP contribution in [0.25, 0.3) is 0 Å². The molecule has 1 aliphatic rings. The second-order valence-electron chi connectivity index (χ2n) is 4.55. The highest BCUT2D eigenvalue weighted by Crippen LogP contribution is 2.34. The van der Waals surface area contributed by atoms with Gasteiger partial charge in [-0.2, -0.15) is 0 Å². The molecule has 1 amide bonds. The van der Waals surface area contributed by atoms with Crippen molar-refractivity contribution in [2.24, 2.45) is 0 Å². The van der Waals surface area contributed by atoms with Crippen molar-refractivity contribution >= 4 is 17.4 Å². The number of nitrogens with one attached hydrogen (secondary N) is 1. The van der Waals surface area contributed by atoms with E-state index in [2.05, 4.69) is 5.32 Å². The Balaban J connectivity index is 2.39. The average Bonchev–Trinajstić information content (AvgIpc) is 2.28. The molecule has 0 atom stereocenters. The first kappa shape index (κ1) is 11.6. The molecule has 0 saturated carbocycles. The number of fused-ring (bicyclic) bond motifs is 1. The summed E-state index contributed by atoms with van der Waals surface area (Å²) in [5, 5.41) is 2.75. The van der Waals surface area contributed by atoms with Crippen LogP contribution in [0, 0.1) is 0 Å². The number of anilines is 1. The SMILES string of the molecule is CCC(=O)c1ccc2c(c1)NC(=O)C(C)(C)O2. The average molecular weight is 233 g/mol. The molecule has 0 spiro atoms. The van der Waals surface area contributed by atoms with Crippen LogP contribution in [0.3, 0.4) is 0 Å². The minimum absolute atomic E-state index is 0.0480. The Kier molecular flexibility index (Phi) is 2.65. The molecular weight excluding hydrogens is 218 g/mol. The number of ketones is 1. The Morgan fingerprint density at radius 1 is 1.41 bits per heavy atom. The normalized spacial score (nSPS) is 16.8. The topological polar surface area (TPSA) is 55.4 Å². The maximum atomic E-state index is 11.7. The first-order valence-electron chi connectivity index (χ1n) is 5.62. The first-order chi connectivity index (χ1) is 7.94. The van der Waals surface area contributed by atoms with Gasteiger partial charge in [-0.15, -0.1) is 0 Å². The second kappa shape index (κ2) is 3.87. The van der Waals surface area contributed by atoms with Crippen molar-refractivity contribution < 1.29 is 14.3 Å². The third-order valence-corrected chi connectivity index (χ3v) is 2.78. The van der Waals surface area contributed by atoms with Gasteiger partial charge in [0.15, 0.2) is 11.4 Å². The van der Waals surface area contributed by atoms with Crippen LogP contribution in [-0.2, 0) is 4.79 Å². The highest BCUT2D eigenvalue weighted by molar-refractivity contribution is 6.03. The van der Waals surface area contributed by atoms with Gasteiger partial charge < -0.3 is 10.1 Å². The van der Waals surface area contributed by atoms with Gasteiger partial charge >= 0.3 is 0 Å². The van der Waals surface area contributed by atoms with E-state index in [1.165, 1.54) is 0 Å². The number of rotatable bonds is 2. The predicted molar refractivity (Wildman–Crippen MR) is 64.4 cm³/mol. The van der Waals surface area contributed by atoms with Crippen LogP contribution in [-0.4, -0.2) is 17.3 Å². The van der Waals surface area contributed by atoms with E-state index >= 15 is 0 Å². The lowest BCUT2D eigenvalue weighted by molar-refractivity contribution is -0.129. The lowest BCUT2D eigenvalue weighted by Gasteiger charge is -2.31. The number of hydrogen-bond acceptors (Lipinski definition) is 3. The zero-order valence-electron chi connectivity index (χ0n) is 10.2. The third kappa shape index (κ3) is 2.02. The zero-order valence-corrected chi connectivity index (χ0v) is 10.2. The van der Waals surface area contributed by atoms with E-state index in [-0.39, 0.29) is 11.7 Å². The summed E-state index contributed by atoms with van der Waals surface area (Å²) >= 11 is 0. The van der Waals surface area contributed by atoms with Gasteiger partial charge in [-0.3, -0.25) is 9.59 Å². The van der Waals surface area contributed by atoms with Crippen molar-refractivity contribution in [1.82, 2.24) is 0 Å². The highest BCUT2D eigenvalue weighted by atomic mass is 16.5. The molecule has 0 fully saturated rings. The summed E-state index contributed by atoms with van der Waals surface area (Å²) in [5.41, 5.74) is 0.284. The highest BCUT2D eigenvalue weighted by Gasteiger charge is 2.35. The molecule has 4 nitrogen and oxygen atoms in total. The van der Waals surface area contributed by atoms with Gasteiger partial charge in [-0.25, -0.2) is 0 Å². The van der Waals surface area contributed by atoms with E-state index in [0.717, 1.165) is 0 Å². The smallest absolute Gasteiger partial charge is 0.268 e. The van der Waals surface area contributed by atoms with Crippen molar-refractivity contribution in [2.45, 2.75) is 32.8 Å². The maximum Gasteiger partial charge on any atom is 0.268 e. The number of benzene rings is 1. The van der Waals surface area contributed by atoms with E-state index in [4.69, 9.17) is 4.74 Å². The molecule has 90 valence electrons. The van der Waals surface area contributed by atoms with Crippen LogP contribution in [0.5, 0.6) is 5.75 Å². The van der Waals surface area contributed by atoms with Gasteiger partial charge in [-0.05, 0) is 32.0 Å². The fourth-order valence-electron chi connectivity index (χ4n) is 1.69. The number of ether oxygens (including phenoxy) is 1. The predicted octanol–water partition coefficient (Wildman–Crippen LogP) is 2.39. The number of carbonyl (C=O) groups excluding carboxylic acids is 2. The number of carbonyl (C=O) groups is 2. The Morgan fingerprint density at radius 2 is 2.12 bits per heavy atom. The van der Waals surface area contributed by atoms with Crippen LogP contribution >= 0.6 is 0 Å². The Morgan fingerprint density at radius 3 is 2.76 bits per heavy atom.